The predicted molar refractivity (Wildman–Crippen MR) is 82.5 cm³/mol. The van der Waals surface area contributed by atoms with Gasteiger partial charge in [-0.05, 0) is 36.2 Å². The molecule has 0 spiro atoms. The molecule has 2 rings (SSSR count). The maximum Gasteiger partial charge on any atom is 0.269 e. The third kappa shape index (κ3) is 4.09. The van der Waals surface area contributed by atoms with Crippen molar-refractivity contribution in [3.63, 3.8) is 0 Å². The summed E-state index contributed by atoms with van der Waals surface area (Å²) in [6.45, 7) is 2.45. The van der Waals surface area contributed by atoms with Crippen LogP contribution in [0.15, 0.2) is 46.9 Å². The van der Waals surface area contributed by atoms with Crippen LogP contribution in [-0.2, 0) is 6.54 Å². The van der Waals surface area contributed by atoms with Crippen molar-refractivity contribution in [2.75, 3.05) is 0 Å². The SMILES string of the molecule is CC(NCc1cc(F)ccc1Br)c1ccc([N+](=O)[O-])cc1. The van der Waals surface area contributed by atoms with Gasteiger partial charge in [-0.3, -0.25) is 10.1 Å². The van der Waals surface area contributed by atoms with Gasteiger partial charge in [0.25, 0.3) is 5.69 Å². The zero-order chi connectivity index (χ0) is 15.4. The number of nitro groups is 1. The Balaban J connectivity index is 2.02. The molecule has 0 radical (unpaired) electrons. The largest absolute Gasteiger partial charge is 0.306 e. The highest BCUT2D eigenvalue weighted by Crippen LogP contribution is 2.21. The van der Waals surface area contributed by atoms with Gasteiger partial charge in [0.15, 0.2) is 0 Å². The molecule has 0 heterocycles. The second-order valence-corrected chi connectivity index (χ2v) is 5.54. The van der Waals surface area contributed by atoms with Crippen molar-refractivity contribution in [1.29, 1.82) is 0 Å². The quantitative estimate of drug-likeness (QED) is 0.642. The van der Waals surface area contributed by atoms with Crippen molar-refractivity contribution in [2.45, 2.75) is 19.5 Å². The summed E-state index contributed by atoms with van der Waals surface area (Å²) >= 11 is 3.38. The lowest BCUT2D eigenvalue weighted by atomic mass is 10.1. The molecular formula is C15H14BrFN2O2. The van der Waals surface area contributed by atoms with Crippen molar-refractivity contribution >= 4 is 21.6 Å². The molecule has 0 aliphatic carbocycles. The van der Waals surface area contributed by atoms with Gasteiger partial charge < -0.3 is 5.32 Å². The molecule has 0 fully saturated rings. The molecule has 2 aromatic carbocycles. The smallest absolute Gasteiger partial charge is 0.269 e. The van der Waals surface area contributed by atoms with E-state index in [1.807, 2.05) is 6.92 Å². The van der Waals surface area contributed by atoms with E-state index >= 15 is 0 Å². The van der Waals surface area contributed by atoms with E-state index in [1.165, 1.54) is 24.3 Å². The van der Waals surface area contributed by atoms with Crippen LogP contribution in [0.25, 0.3) is 0 Å². The number of nitrogens with zero attached hydrogens (tertiary/aromatic N) is 1. The van der Waals surface area contributed by atoms with E-state index in [-0.39, 0.29) is 17.5 Å². The summed E-state index contributed by atoms with van der Waals surface area (Å²) in [6.07, 6.45) is 0. The molecule has 1 N–H and O–H groups in total. The van der Waals surface area contributed by atoms with E-state index in [9.17, 15) is 14.5 Å². The maximum absolute atomic E-state index is 13.2. The Morgan fingerprint density at radius 1 is 1.29 bits per heavy atom. The van der Waals surface area contributed by atoms with Crippen LogP contribution in [0.3, 0.4) is 0 Å². The Hall–Kier alpha value is -1.79. The maximum atomic E-state index is 13.2. The Morgan fingerprint density at radius 2 is 1.95 bits per heavy atom. The molecule has 21 heavy (non-hydrogen) atoms. The Kier molecular flexibility index (Phi) is 5.03. The van der Waals surface area contributed by atoms with Crippen LogP contribution in [0, 0.1) is 15.9 Å². The van der Waals surface area contributed by atoms with Gasteiger partial charge >= 0.3 is 0 Å². The molecule has 1 atom stereocenters. The van der Waals surface area contributed by atoms with Crippen LogP contribution < -0.4 is 5.32 Å². The molecule has 110 valence electrons. The van der Waals surface area contributed by atoms with E-state index < -0.39 is 4.92 Å². The molecule has 1 unspecified atom stereocenters. The molecule has 4 nitrogen and oxygen atoms in total. The Labute approximate surface area is 130 Å². The van der Waals surface area contributed by atoms with Crippen LogP contribution in [-0.4, -0.2) is 4.92 Å². The summed E-state index contributed by atoms with van der Waals surface area (Å²) in [6, 6.07) is 10.9. The van der Waals surface area contributed by atoms with Crippen molar-refractivity contribution in [1.82, 2.24) is 5.32 Å². The molecule has 0 saturated carbocycles. The second kappa shape index (κ2) is 6.78. The molecular weight excluding hydrogens is 339 g/mol. The standard InChI is InChI=1S/C15H14BrFN2O2/c1-10(11-2-5-14(6-3-11)19(20)21)18-9-12-8-13(17)4-7-15(12)16/h2-8,10,18H,9H2,1H3. The van der Waals surface area contributed by atoms with E-state index in [0.717, 1.165) is 15.6 Å². The summed E-state index contributed by atoms with van der Waals surface area (Å²) in [5.41, 5.74) is 1.83. The fourth-order valence-corrected chi connectivity index (χ4v) is 2.33. The zero-order valence-corrected chi connectivity index (χ0v) is 12.9. The lowest BCUT2D eigenvalue weighted by molar-refractivity contribution is -0.384. The monoisotopic (exact) mass is 352 g/mol. The van der Waals surface area contributed by atoms with E-state index in [4.69, 9.17) is 0 Å². The Morgan fingerprint density at radius 3 is 2.57 bits per heavy atom. The first kappa shape index (κ1) is 15.6. The summed E-state index contributed by atoms with van der Waals surface area (Å²) in [5, 5.41) is 13.9. The first-order valence-corrected chi connectivity index (χ1v) is 7.18. The summed E-state index contributed by atoms with van der Waals surface area (Å²) in [5.74, 6) is -0.280. The third-order valence-corrected chi connectivity index (χ3v) is 3.98. The molecule has 0 bridgehead atoms. The van der Waals surface area contributed by atoms with Crippen LogP contribution in [0.5, 0.6) is 0 Å². The highest BCUT2D eigenvalue weighted by molar-refractivity contribution is 9.10. The molecule has 6 heteroatoms. The number of hydrogen-bond acceptors (Lipinski definition) is 3. The number of nitro benzene ring substituents is 1. The highest BCUT2D eigenvalue weighted by atomic mass is 79.9. The van der Waals surface area contributed by atoms with Crippen LogP contribution >= 0.6 is 15.9 Å². The lowest BCUT2D eigenvalue weighted by Crippen LogP contribution is -2.18. The molecule has 2 aromatic rings. The van der Waals surface area contributed by atoms with E-state index in [2.05, 4.69) is 21.2 Å². The fourth-order valence-electron chi connectivity index (χ4n) is 1.94. The average molecular weight is 353 g/mol. The van der Waals surface area contributed by atoms with Crippen molar-refractivity contribution in [3.05, 3.63) is 74.0 Å². The van der Waals surface area contributed by atoms with E-state index in [1.54, 1.807) is 18.2 Å². The molecule has 0 saturated heterocycles. The first-order chi connectivity index (χ1) is 9.97. The summed E-state index contributed by atoms with van der Waals surface area (Å²) < 4.78 is 14.0. The van der Waals surface area contributed by atoms with Gasteiger partial charge in [0, 0.05) is 29.2 Å². The van der Waals surface area contributed by atoms with Crippen molar-refractivity contribution < 1.29 is 9.31 Å². The number of non-ortho nitro benzene ring substituents is 1. The van der Waals surface area contributed by atoms with Crippen molar-refractivity contribution in [3.8, 4) is 0 Å². The van der Waals surface area contributed by atoms with Gasteiger partial charge in [-0.25, -0.2) is 4.39 Å². The van der Waals surface area contributed by atoms with Crippen LogP contribution in [0.4, 0.5) is 10.1 Å². The molecule has 0 amide bonds. The first-order valence-electron chi connectivity index (χ1n) is 6.39. The summed E-state index contributed by atoms with van der Waals surface area (Å²) in [7, 11) is 0. The second-order valence-electron chi connectivity index (χ2n) is 4.69. The Bertz CT molecular complexity index is 647. The minimum Gasteiger partial charge on any atom is -0.306 e. The van der Waals surface area contributed by atoms with Gasteiger partial charge in [0.1, 0.15) is 5.82 Å². The van der Waals surface area contributed by atoms with Gasteiger partial charge in [-0.1, -0.05) is 28.1 Å². The topological polar surface area (TPSA) is 55.2 Å². The molecule has 0 aromatic heterocycles. The fraction of sp³-hybridized carbons (Fsp3) is 0.200. The normalized spacial score (nSPS) is 12.1. The number of benzene rings is 2. The molecule has 0 aliphatic heterocycles. The minimum atomic E-state index is -0.425. The zero-order valence-electron chi connectivity index (χ0n) is 11.3. The highest BCUT2D eigenvalue weighted by Gasteiger charge is 2.09. The van der Waals surface area contributed by atoms with Gasteiger partial charge in [-0.2, -0.15) is 0 Å². The predicted octanol–water partition coefficient (Wildman–Crippen LogP) is 4.35. The number of nitrogens with one attached hydrogen (secondary N) is 1. The minimum absolute atomic E-state index is 0.000899. The lowest BCUT2D eigenvalue weighted by Gasteiger charge is -2.15. The number of halogens is 2. The van der Waals surface area contributed by atoms with Gasteiger partial charge in [0.2, 0.25) is 0 Å². The van der Waals surface area contributed by atoms with Crippen LogP contribution in [0.1, 0.15) is 24.1 Å². The molecule has 0 aliphatic rings. The van der Waals surface area contributed by atoms with E-state index in [0.29, 0.717) is 6.54 Å². The van der Waals surface area contributed by atoms with Crippen molar-refractivity contribution in [2.24, 2.45) is 0 Å². The van der Waals surface area contributed by atoms with Gasteiger partial charge in [0.05, 0.1) is 4.92 Å². The number of hydrogen-bond donors (Lipinski definition) is 1. The van der Waals surface area contributed by atoms with Gasteiger partial charge in [-0.15, -0.1) is 0 Å². The third-order valence-electron chi connectivity index (χ3n) is 3.21. The van der Waals surface area contributed by atoms with Crippen LogP contribution in [0.2, 0.25) is 0 Å². The summed E-state index contributed by atoms with van der Waals surface area (Å²) in [4.78, 5) is 10.2. The number of rotatable bonds is 5. The average Bonchev–Trinajstić information content (AvgIpc) is 2.48.